The molecule has 21 heavy (non-hydrogen) atoms. The molecule has 0 radical (unpaired) electrons. The van der Waals surface area contributed by atoms with E-state index in [4.69, 9.17) is 5.73 Å². The number of nitrogens with two attached hydrogens (primary N) is 1. The highest BCUT2D eigenvalue weighted by atomic mass is 79.9. The molecule has 4 rings (SSSR count). The fourth-order valence-corrected chi connectivity index (χ4v) is 5.11. The number of nitrogens with one attached hydrogen (secondary N) is 2. The van der Waals surface area contributed by atoms with E-state index in [1.807, 2.05) is 12.1 Å². The number of hydrogen-bond donors (Lipinski definition) is 3. The van der Waals surface area contributed by atoms with Crippen LogP contribution in [0.1, 0.15) is 43.7 Å². The summed E-state index contributed by atoms with van der Waals surface area (Å²) in [6, 6.07) is 3.99. The highest BCUT2D eigenvalue weighted by Gasteiger charge is 2.40. The van der Waals surface area contributed by atoms with Crippen molar-refractivity contribution in [3.63, 3.8) is 0 Å². The van der Waals surface area contributed by atoms with Crippen LogP contribution in [0.5, 0.6) is 0 Å². The third-order valence-corrected chi connectivity index (χ3v) is 6.16. The van der Waals surface area contributed by atoms with Crippen molar-refractivity contribution in [1.29, 1.82) is 0 Å². The third-order valence-electron chi connectivity index (χ3n) is 5.47. The molecule has 0 amide bonds. The smallest absolute Gasteiger partial charge is 0.323 e. The molecule has 1 aromatic heterocycles. The molecular weight excluding hydrogens is 330 g/mol. The van der Waals surface area contributed by atoms with E-state index in [1.165, 1.54) is 25.7 Å². The van der Waals surface area contributed by atoms with E-state index in [1.54, 1.807) is 0 Å². The molecule has 2 aliphatic carbocycles. The Balaban J connectivity index is 1.59. The third kappa shape index (κ3) is 2.36. The molecule has 2 saturated carbocycles. The summed E-state index contributed by atoms with van der Waals surface area (Å²) in [5, 5.41) is 0. The SMILES string of the molecule is NC(CC1CC2CCC1C2)c1cc2[nH]c(=O)[nH]c2cc1Br. The maximum Gasteiger partial charge on any atom is 0.323 e. The number of aromatic nitrogens is 2. The Morgan fingerprint density at radius 2 is 2.00 bits per heavy atom. The van der Waals surface area contributed by atoms with Gasteiger partial charge in [0.1, 0.15) is 0 Å². The Bertz CT molecular complexity index is 735. The number of aromatic amines is 2. The monoisotopic (exact) mass is 349 g/mol. The van der Waals surface area contributed by atoms with Crippen molar-refractivity contribution in [3.8, 4) is 0 Å². The Morgan fingerprint density at radius 1 is 1.24 bits per heavy atom. The van der Waals surface area contributed by atoms with Crippen LogP contribution in [0.4, 0.5) is 0 Å². The van der Waals surface area contributed by atoms with Gasteiger partial charge in [0.2, 0.25) is 0 Å². The average molecular weight is 350 g/mol. The summed E-state index contributed by atoms with van der Waals surface area (Å²) in [4.78, 5) is 17.0. The predicted molar refractivity (Wildman–Crippen MR) is 87.1 cm³/mol. The lowest BCUT2D eigenvalue weighted by Crippen LogP contribution is -2.19. The zero-order chi connectivity index (χ0) is 14.6. The topological polar surface area (TPSA) is 74.7 Å². The molecule has 112 valence electrons. The maximum absolute atomic E-state index is 11.4. The molecule has 1 aromatic carbocycles. The van der Waals surface area contributed by atoms with Gasteiger partial charge in [0.15, 0.2) is 0 Å². The highest BCUT2D eigenvalue weighted by molar-refractivity contribution is 9.10. The summed E-state index contributed by atoms with van der Waals surface area (Å²) in [7, 11) is 0. The van der Waals surface area contributed by atoms with Crippen LogP contribution in [-0.2, 0) is 0 Å². The number of fused-ring (bicyclic) bond motifs is 3. The zero-order valence-electron chi connectivity index (χ0n) is 11.9. The van der Waals surface area contributed by atoms with E-state index < -0.39 is 0 Å². The van der Waals surface area contributed by atoms with E-state index in [9.17, 15) is 4.79 Å². The summed E-state index contributed by atoms with van der Waals surface area (Å²) in [5.41, 5.74) is 9.06. The number of H-pyrrole nitrogens is 2. The van der Waals surface area contributed by atoms with Crippen molar-refractivity contribution in [3.05, 3.63) is 32.7 Å². The first kappa shape index (κ1) is 13.6. The van der Waals surface area contributed by atoms with Gasteiger partial charge in [-0.05, 0) is 61.1 Å². The molecule has 0 saturated heterocycles. The quantitative estimate of drug-likeness (QED) is 0.793. The summed E-state index contributed by atoms with van der Waals surface area (Å²) in [6.45, 7) is 0. The Hall–Kier alpha value is -1.07. The minimum Gasteiger partial charge on any atom is -0.324 e. The number of rotatable bonds is 3. The summed E-state index contributed by atoms with van der Waals surface area (Å²) in [5.74, 6) is 2.64. The van der Waals surface area contributed by atoms with Crippen LogP contribution in [-0.4, -0.2) is 9.97 Å². The second-order valence-corrected chi connectivity index (χ2v) is 7.63. The fourth-order valence-electron chi connectivity index (χ4n) is 4.48. The van der Waals surface area contributed by atoms with E-state index >= 15 is 0 Å². The lowest BCUT2D eigenvalue weighted by Gasteiger charge is -2.25. The predicted octanol–water partition coefficient (Wildman–Crippen LogP) is 3.44. The van der Waals surface area contributed by atoms with Gasteiger partial charge in [0.25, 0.3) is 0 Å². The van der Waals surface area contributed by atoms with Crippen LogP contribution in [0.15, 0.2) is 21.4 Å². The molecule has 0 spiro atoms. The number of imidazole rings is 1. The zero-order valence-corrected chi connectivity index (χ0v) is 13.4. The standard InChI is InChI=1S/C16H20BrN3O/c17-12-7-15-14(19-16(21)20-15)6-11(12)13(18)5-10-4-8-1-2-9(10)3-8/h6-10,13H,1-5,18H2,(H2,19,20,21). The molecule has 5 heteroatoms. The number of halogens is 1. The normalized spacial score (nSPS) is 29.3. The number of benzene rings is 1. The molecule has 4 nitrogen and oxygen atoms in total. The van der Waals surface area contributed by atoms with Crippen LogP contribution in [0.25, 0.3) is 11.0 Å². The van der Waals surface area contributed by atoms with Crippen molar-refractivity contribution in [2.24, 2.45) is 23.5 Å². The summed E-state index contributed by atoms with van der Waals surface area (Å²) in [6.07, 6.45) is 6.66. The van der Waals surface area contributed by atoms with Crippen molar-refractivity contribution >= 4 is 27.0 Å². The van der Waals surface area contributed by atoms with Crippen molar-refractivity contribution in [2.75, 3.05) is 0 Å². The van der Waals surface area contributed by atoms with Crippen molar-refractivity contribution < 1.29 is 0 Å². The van der Waals surface area contributed by atoms with Crippen LogP contribution in [0, 0.1) is 17.8 Å². The number of hydrogen-bond acceptors (Lipinski definition) is 2. The van der Waals surface area contributed by atoms with E-state index in [0.717, 1.165) is 45.2 Å². The second-order valence-electron chi connectivity index (χ2n) is 6.78. The van der Waals surface area contributed by atoms with Crippen LogP contribution >= 0.6 is 15.9 Å². The van der Waals surface area contributed by atoms with Crippen molar-refractivity contribution in [2.45, 2.75) is 38.1 Å². The van der Waals surface area contributed by atoms with Gasteiger partial charge in [0, 0.05) is 10.5 Å². The molecule has 4 unspecified atom stereocenters. The van der Waals surface area contributed by atoms with Gasteiger partial charge >= 0.3 is 5.69 Å². The van der Waals surface area contributed by atoms with Gasteiger partial charge < -0.3 is 15.7 Å². The molecule has 1 heterocycles. The van der Waals surface area contributed by atoms with Crippen molar-refractivity contribution in [1.82, 2.24) is 9.97 Å². The summed E-state index contributed by atoms with van der Waals surface area (Å²) >= 11 is 3.60. The Morgan fingerprint density at radius 3 is 2.67 bits per heavy atom. The average Bonchev–Trinajstić information content (AvgIpc) is 3.11. The Labute approximate surface area is 131 Å². The van der Waals surface area contributed by atoms with Crippen LogP contribution in [0.3, 0.4) is 0 Å². The maximum atomic E-state index is 11.4. The first-order valence-corrected chi connectivity index (χ1v) is 8.56. The van der Waals surface area contributed by atoms with Gasteiger partial charge in [-0.1, -0.05) is 22.4 Å². The van der Waals surface area contributed by atoms with E-state index in [0.29, 0.717) is 0 Å². The molecule has 2 bridgehead atoms. The molecule has 0 aliphatic heterocycles. The molecule has 2 aromatic rings. The minimum absolute atomic E-state index is 0.0338. The van der Waals surface area contributed by atoms with E-state index in [2.05, 4.69) is 25.9 Å². The fraction of sp³-hybridized carbons (Fsp3) is 0.562. The molecule has 4 atom stereocenters. The largest absolute Gasteiger partial charge is 0.324 e. The van der Waals surface area contributed by atoms with Gasteiger partial charge in [-0.2, -0.15) is 0 Å². The van der Waals surface area contributed by atoms with Gasteiger partial charge in [0.05, 0.1) is 11.0 Å². The molecule has 2 fully saturated rings. The van der Waals surface area contributed by atoms with Gasteiger partial charge in [-0.25, -0.2) is 4.79 Å². The van der Waals surface area contributed by atoms with Crippen LogP contribution in [0.2, 0.25) is 0 Å². The van der Waals surface area contributed by atoms with Crippen LogP contribution < -0.4 is 11.4 Å². The Kier molecular flexibility index (Phi) is 3.23. The first-order chi connectivity index (χ1) is 10.1. The van der Waals surface area contributed by atoms with E-state index in [-0.39, 0.29) is 11.7 Å². The van der Waals surface area contributed by atoms with Gasteiger partial charge in [-0.15, -0.1) is 0 Å². The highest BCUT2D eigenvalue weighted by Crippen LogP contribution is 2.51. The lowest BCUT2D eigenvalue weighted by molar-refractivity contribution is 0.296. The minimum atomic E-state index is -0.171. The molecule has 2 aliphatic rings. The molecule has 4 N–H and O–H groups in total. The lowest BCUT2D eigenvalue weighted by atomic mass is 9.83. The van der Waals surface area contributed by atoms with Gasteiger partial charge in [-0.3, -0.25) is 0 Å². The second kappa shape index (κ2) is 4.99. The summed E-state index contributed by atoms with van der Waals surface area (Å²) < 4.78 is 0.987. The molecular formula is C16H20BrN3O. The first-order valence-electron chi connectivity index (χ1n) is 7.77.